The van der Waals surface area contributed by atoms with E-state index in [1.165, 1.54) is 26.9 Å². The third kappa shape index (κ3) is 4.44. The van der Waals surface area contributed by atoms with E-state index in [4.69, 9.17) is 9.47 Å². The summed E-state index contributed by atoms with van der Waals surface area (Å²) in [5.74, 6) is 1.04. The summed E-state index contributed by atoms with van der Waals surface area (Å²) in [6, 6.07) is 5.07. The Morgan fingerprint density at radius 2 is 2.05 bits per heavy atom. The molecule has 0 aromatic heterocycles. The Labute approximate surface area is 125 Å². The molecule has 5 heteroatoms. The Morgan fingerprint density at radius 3 is 2.67 bits per heavy atom. The Balaban J connectivity index is 1.90. The predicted molar refractivity (Wildman–Crippen MR) is 80.2 cm³/mol. The lowest BCUT2D eigenvalue weighted by molar-refractivity contribution is 0.0746. The van der Waals surface area contributed by atoms with Crippen LogP contribution < -0.4 is 9.47 Å². The van der Waals surface area contributed by atoms with Crippen LogP contribution in [0.4, 0.5) is 0 Å². The summed E-state index contributed by atoms with van der Waals surface area (Å²) in [4.78, 5) is 13.6. The number of hydrogen-bond acceptors (Lipinski definition) is 5. The minimum Gasteiger partial charge on any atom is -0.493 e. The van der Waals surface area contributed by atoms with Crippen LogP contribution in [-0.4, -0.2) is 55.2 Å². The quantitative estimate of drug-likeness (QED) is 0.776. The molecule has 116 valence electrons. The number of carbonyl (C=O) groups excluding carboxylic acids is 1. The minimum absolute atomic E-state index is 0.0195. The highest BCUT2D eigenvalue weighted by Gasteiger charge is 2.17. The average molecular weight is 293 g/mol. The largest absolute Gasteiger partial charge is 0.493 e. The summed E-state index contributed by atoms with van der Waals surface area (Å²) in [5, 5.41) is 10.0. The van der Waals surface area contributed by atoms with E-state index in [-0.39, 0.29) is 12.4 Å². The lowest BCUT2D eigenvalue weighted by atomic mass is 10.1. The van der Waals surface area contributed by atoms with Crippen molar-refractivity contribution in [1.29, 1.82) is 0 Å². The second kappa shape index (κ2) is 7.43. The van der Waals surface area contributed by atoms with E-state index < -0.39 is 6.10 Å². The topological polar surface area (TPSA) is 59.0 Å². The SMILES string of the molecule is COc1cc(C(C)=O)ccc1OCC(O)CN1CCCC1. The number of hydrogen-bond donors (Lipinski definition) is 1. The van der Waals surface area contributed by atoms with Gasteiger partial charge in [0.25, 0.3) is 0 Å². The third-order valence-electron chi connectivity index (χ3n) is 3.67. The van der Waals surface area contributed by atoms with Crippen molar-refractivity contribution in [3.8, 4) is 11.5 Å². The van der Waals surface area contributed by atoms with Crippen LogP contribution in [0.25, 0.3) is 0 Å². The van der Waals surface area contributed by atoms with Gasteiger partial charge in [-0.1, -0.05) is 0 Å². The van der Waals surface area contributed by atoms with Crippen LogP contribution in [0.2, 0.25) is 0 Å². The average Bonchev–Trinajstić information content (AvgIpc) is 2.97. The third-order valence-corrected chi connectivity index (χ3v) is 3.67. The Hall–Kier alpha value is -1.59. The number of methoxy groups -OCH3 is 1. The second-order valence-electron chi connectivity index (χ2n) is 5.39. The summed E-state index contributed by atoms with van der Waals surface area (Å²) in [6.45, 7) is 4.45. The molecule has 0 bridgehead atoms. The van der Waals surface area contributed by atoms with Crippen LogP contribution in [0, 0.1) is 0 Å². The van der Waals surface area contributed by atoms with Crippen molar-refractivity contribution in [1.82, 2.24) is 4.90 Å². The van der Waals surface area contributed by atoms with Crippen molar-refractivity contribution >= 4 is 5.78 Å². The van der Waals surface area contributed by atoms with E-state index in [9.17, 15) is 9.90 Å². The van der Waals surface area contributed by atoms with Gasteiger partial charge in [-0.15, -0.1) is 0 Å². The van der Waals surface area contributed by atoms with Crippen LogP contribution in [0.3, 0.4) is 0 Å². The normalized spacial score (nSPS) is 16.7. The second-order valence-corrected chi connectivity index (χ2v) is 5.39. The highest BCUT2D eigenvalue weighted by molar-refractivity contribution is 5.94. The Kier molecular flexibility index (Phi) is 5.59. The molecule has 1 fully saturated rings. The minimum atomic E-state index is -0.528. The fraction of sp³-hybridized carbons (Fsp3) is 0.562. The van der Waals surface area contributed by atoms with Gasteiger partial charge in [0, 0.05) is 12.1 Å². The van der Waals surface area contributed by atoms with Crippen LogP contribution in [0.5, 0.6) is 11.5 Å². The Morgan fingerprint density at radius 1 is 1.33 bits per heavy atom. The molecule has 1 aliphatic rings. The molecule has 1 unspecified atom stereocenters. The van der Waals surface area contributed by atoms with Gasteiger partial charge in [0.15, 0.2) is 17.3 Å². The van der Waals surface area contributed by atoms with Gasteiger partial charge in [-0.3, -0.25) is 4.79 Å². The van der Waals surface area contributed by atoms with Gasteiger partial charge in [-0.25, -0.2) is 0 Å². The number of β-amino-alcohol motifs (C(OH)–C–C–N with tert-alkyl or cyclic N) is 1. The van der Waals surface area contributed by atoms with E-state index >= 15 is 0 Å². The molecule has 0 radical (unpaired) electrons. The molecule has 1 aliphatic heterocycles. The summed E-state index contributed by atoms with van der Waals surface area (Å²) in [7, 11) is 1.53. The number of ether oxygens (including phenoxy) is 2. The van der Waals surface area contributed by atoms with Crippen molar-refractivity contribution < 1.29 is 19.4 Å². The van der Waals surface area contributed by atoms with E-state index in [1.54, 1.807) is 18.2 Å². The number of ketones is 1. The van der Waals surface area contributed by atoms with Gasteiger partial charge in [-0.05, 0) is 51.1 Å². The first-order valence-corrected chi connectivity index (χ1v) is 7.32. The Bertz CT molecular complexity index is 483. The first kappa shape index (κ1) is 15.8. The molecule has 2 rings (SSSR count). The first-order valence-electron chi connectivity index (χ1n) is 7.32. The van der Waals surface area contributed by atoms with Gasteiger partial charge in [-0.2, -0.15) is 0 Å². The first-order chi connectivity index (χ1) is 10.1. The number of carbonyl (C=O) groups is 1. The molecule has 1 atom stereocenters. The van der Waals surface area contributed by atoms with Crippen LogP contribution in [0.1, 0.15) is 30.1 Å². The molecule has 0 aliphatic carbocycles. The number of nitrogens with zero attached hydrogens (tertiary/aromatic N) is 1. The predicted octanol–water partition coefficient (Wildman–Crippen LogP) is 1.73. The molecule has 21 heavy (non-hydrogen) atoms. The maximum Gasteiger partial charge on any atom is 0.161 e. The molecule has 0 saturated carbocycles. The fourth-order valence-electron chi connectivity index (χ4n) is 2.51. The van der Waals surface area contributed by atoms with Crippen molar-refractivity contribution in [2.75, 3.05) is 33.4 Å². The molecule has 1 aromatic carbocycles. The molecule has 1 aromatic rings. The van der Waals surface area contributed by atoms with Crippen LogP contribution in [0.15, 0.2) is 18.2 Å². The maximum absolute atomic E-state index is 11.3. The summed E-state index contributed by atoms with van der Waals surface area (Å²) in [5.41, 5.74) is 0.580. The van der Waals surface area contributed by atoms with Crippen molar-refractivity contribution in [3.05, 3.63) is 23.8 Å². The zero-order valence-corrected chi connectivity index (χ0v) is 12.7. The molecule has 0 amide bonds. The van der Waals surface area contributed by atoms with Crippen LogP contribution >= 0.6 is 0 Å². The number of aliphatic hydroxyl groups excluding tert-OH is 1. The summed E-state index contributed by atoms with van der Waals surface area (Å²) >= 11 is 0. The molecule has 5 nitrogen and oxygen atoms in total. The van der Waals surface area contributed by atoms with Gasteiger partial charge < -0.3 is 19.5 Å². The van der Waals surface area contributed by atoms with Gasteiger partial charge in [0.05, 0.1) is 7.11 Å². The molecule has 1 N–H and O–H groups in total. The van der Waals surface area contributed by atoms with Gasteiger partial charge in [0.2, 0.25) is 0 Å². The van der Waals surface area contributed by atoms with E-state index in [1.807, 2.05) is 0 Å². The number of aliphatic hydroxyl groups is 1. The zero-order chi connectivity index (χ0) is 15.2. The monoisotopic (exact) mass is 293 g/mol. The smallest absolute Gasteiger partial charge is 0.161 e. The van der Waals surface area contributed by atoms with Gasteiger partial charge in [0.1, 0.15) is 12.7 Å². The van der Waals surface area contributed by atoms with Crippen molar-refractivity contribution in [2.45, 2.75) is 25.9 Å². The highest BCUT2D eigenvalue weighted by atomic mass is 16.5. The molecular formula is C16H23NO4. The number of benzene rings is 1. The lowest BCUT2D eigenvalue weighted by Gasteiger charge is -2.20. The summed E-state index contributed by atoms with van der Waals surface area (Å²) < 4.78 is 10.9. The standard InChI is InChI=1S/C16H23NO4/c1-12(18)13-5-6-15(16(9-13)20-2)21-11-14(19)10-17-7-3-4-8-17/h5-6,9,14,19H,3-4,7-8,10-11H2,1-2H3. The zero-order valence-electron chi connectivity index (χ0n) is 12.7. The highest BCUT2D eigenvalue weighted by Crippen LogP contribution is 2.28. The van der Waals surface area contributed by atoms with E-state index in [0.29, 0.717) is 23.6 Å². The molecule has 0 spiro atoms. The van der Waals surface area contributed by atoms with Crippen LogP contribution in [-0.2, 0) is 0 Å². The number of rotatable bonds is 7. The van der Waals surface area contributed by atoms with E-state index in [2.05, 4.69) is 4.90 Å². The molecule has 1 saturated heterocycles. The van der Waals surface area contributed by atoms with E-state index in [0.717, 1.165) is 13.1 Å². The number of Topliss-reactive ketones (excluding diaryl/α,β-unsaturated/α-hetero) is 1. The van der Waals surface area contributed by atoms with Crippen molar-refractivity contribution in [3.63, 3.8) is 0 Å². The fourth-order valence-corrected chi connectivity index (χ4v) is 2.51. The van der Waals surface area contributed by atoms with Gasteiger partial charge >= 0.3 is 0 Å². The lowest BCUT2D eigenvalue weighted by Crippen LogP contribution is -2.33. The molecular weight excluding hydrogens is 270 g/mol. The van der Waals surface area contributed by atoms with Crippen molar-refractivity contribution in [2.24, 2.45) is 0 Å². The summed E-state index contributed by atoms with van der Waals surface area (Å²) in [6.07, 6.45) is 1.88. The number of likely N-dealkylation sites (tertiary alicyclic amines) is 1. The maximum atomic E-state index is 11.3. The molecule has 1 heterocycles.